The molecule has 1 unspecified atom stereocenters. The third kappa shape index (κ3) is 4.58. The summed E-state index contributed by atoms with van der Waals surface area (Å²) in [7, 11) is 0. The van der Waals surface area contributed by atoms with Crippen LogP contribution in [0.3, 0.4) is 0 Å². The van der Waals surface area contributed by atoms with Crippen LogP contribution in [0, 0.1) is 0 Å². The van der Waals surface area contributed by atoms with Gasteiger partial charge in [0.25, 0.3) is 0 Å². The summed E-state index contributed by atoms with van der Waals surface area (Å²) in [5.41, 5.74) is 0.884. The zero-order valence-electron chi connectivity index (χ0n) is 14.2. The molecule has 0 radical (unpaired) electrons. The van der Waals surface area contributed by atoms with Crippen LogP contribution in [0.15, 0.2) is 36.7 Å². The van der Waals surface area contributed by atoms with Crippen LogP contribution in [-0.2, 0) is 4.74 Å². The Morgan fingerprint density at radius 3 is 2.88 bits per heavy atom. The van der Waals surface area contributed by atoms with Gasteiger partial charge in [-0.05, 0) is 38.8 Å². The summed E-state index contributed by atoms with van der Waals surface area (Å²) < 4.78 is 11.4. The number of rotatable bonds is 7. The van der Waals surface area contributed by atoms with E-state index in [1.165, 1.54) is 0 Å². The number of para-hydroxylation sites is 2. The van der Waals surface area contributed by atoms with Crippen molar-refractivity contribution < 1.29 is 9.47 Å². The molecule has 6 nitrogen and oxygen atoms in total. The monoisotopic (exact) mass is 328 g/mol. The Labute approximate surface area is 142 Å². The van der Waals surface area contributed by atoms with Crippen LogP contribution < -0.4 is 15.4 Å². The Kier molecular flexibility index (Phi) is 5.48. The first kappa shape index (κ1) is 16.5. The summed E-state index contributed by atoms with van der Waals surface area (Å²) >= 11 is 0. The van der Waals surface area contributed by atoms with Gasteiger partial charge in [0.2, 0.25) is 0 Å². The van der Waals surface area contributed by atoms with Crippen molar-refractivity contribution in [3.05, 3.63) is 36.7 Å². The van der Waals surface area contributed by atoms with E-state index in [1.807, 2.05) is 44.2 Å². The van der Waals surface area contributed by atoms with Crippen molar-refractivity contribution in [3.63, 3.8) is 0 Å². The number of nitrogens with one attached hydrogen (secondary N) is 2. The van der Waals surface area contributed by atoms with Gasteiger partial charge in [-0.3, -0.25) is 0 Å². The van der Waals surface area contributed by atoms with Gasteiger partial charge in [-0.15, -0.1) is 0 Å². The molecule has 6 heteroatoms. The quantitative estimate of drug-likeness (QED) is 0.809. The highest BCUT2D eigenvalue weighted by atomic mass is 16.5. The molecule has 128 valence electrons. The van der Waals surface area contributed by atoms with Crippen molar-refractivity contribution in [2.45, 2.75) is 38.9 Å². The van der Waals surface area contributed by atoms with Crippen molar-refractivity contribution in [1.82, 2.24) is 9.97 Å². The van der Waals surface area contributed by atoms with Crippen molar-refractivity contribution in [1.29, 1.82) is 0 Å². The molecule has 1 aromatic carbocycles. The zero-order chi connectivity index (χ0) is 16.8. The minimum Gasteiger partial charge on any atom is -0.489 e. The minimum absolute atomic E-state index is 0.113. The molecule has 0 aliphatic carbocycles. The van der Waals surface area contributed by atoms with Crippen molar-refractivity contribution in [2.75, 3.05) is 23.8 Å². The molecule has 1 aliphatic rings. The van der Waals surface area contributed by atoms with E-state index in [0.717, 1.165) is 49.1 Å². The van der Waals surface area contributed by atoms with Crippen LogP contribution in [0.5, 0.6) is 5.75 Å². The molecule has 1 saturated heterocycles. The summed E-state index contributed by atoms with van der Waals surface area (Å²) in [5, 5.41) is 6.61. The Morgan fingerprint density at radius 1 is 1.25 bits per heavy atom. The van der Waals surface area contributed by atoms with E-state index >= 15 is 0 Å². The van der Waals surface area contributed by atoms with E-state index in [4.69, 9.17) is 9.47 Å². The lowest BCUT2D eigenvalue weighted by atomic mass is 10.2. The highest BCUT2D eigenvalue weighted by Gasteiger charge is 2.15. The maximum Gasteiger partial charge on any atom is 0.143 e. The fourth-order valence-electron chi connectivity index (χ4n) is 2.61. The molecular weight excluding hydrogens is 304 g/mol. The maximum atomic E-state index is 5.82. The van der Waals surface area contributed by atoms with Crippen LogP contribution in [0.2, 0.25) is 0 Å². The van der Waals surface area contributed by atoms with Gasteiger partial charge in [0.05, 0.1) is 17.9 Å². The molecule has 24 heavy (non-hydrogen) atoms. The van der Waals surface area contributed by atoms with Gasteiger partial charge in [-0.1, -0.05) is 12.1 Å². The molecule has 1 aliphatic heterocycles. The SMILES string of the molecule is CC(C)Oc1ccccc1Nc1cc(NCC2CCCO2)ncn1. The van der Waals surface area contributed by atoms with E-state index in [9.17, 15) is 0 Å². The highest BCUT2D eigenvalue weighted by molar-refractivity contribution is 5.65. The maximum absolute atomic E-state index is 5.82. The minimum atomic E-state index is 0.113. The molecule has 0 bridgehead atoms. The van der Waals surface area contributed by atoms with Crippen molar-refractivity contribution >= 4 is 17.3 Å². The normalized spacial score (nSPS) is 17.0. The number of anilines is 3. The van der Waals surface area contributed by atoms with E-state index in [2.05, 4.69) is 20.6 Å². The fraction of sp³-hybridized carbons (Fsp3) is 0.444. The molecule has 0 saturated carbocycles. The average molecular weight is 328 g/mol. The molecule has 0 amide bonds. The van der Waals surface area contributed by atoms with Crippen molar-refractivity contribution in [2.24, 2.45) is 0 Å². The second-order valence-corrected chi connectivity index (χ2v) is 6.09. The molecule has 3 rings (SSSR count). The van der Waals surface area contributed by atoms with E-state index in [0.29, 0.717) is 0 Å². The summed E-state index contributed by atoms with van der Waals surface area (Å²) in [6, 6.07) is 9.73. The summed E-state index contributed by atoms with van der Waals surface area (Å²) in [5.74, 6) is 2.31. The number of hydrogen-bond donors (Lipinski definition) is 2. The zero-order valence-corrected chi connectivity index (χ0v) is 14.2. The predicted octanol–water partition coefficient (Wildman–Crippen LogP) is 3.60. The van der Waals surface area contributed by atoms with Gasteiger partial charge in [-0.2, -0.15) is 0 Å². The average Bonchev–Trinajstić information content (AvgIpc) is 3.08. The summed E-state index contributed by atoms with van der Waals surface area (Å²) in [6.45, 7) is 5.64. The van der Waals surface area contributed by atoms with Crippen LogP contribution in [0.1, 0.15) is 26.7 Å². The van der Waals surface area contributed by atoms with E-state index in [1.54, 1.807) is 6.33 Å². The summed E-state index contributed by atoms with van der Waals surface area (Å²) in [6.07, 6.45) is 4.17. The molecule has 1 fully saturated rings. The smallest absolute Gasteiger partial charge is 0.143 e. The molecule has 2 aromatic rings. The van der Waals surface area contributed by atoms with Gasteiger partial charge in [0.15, 0.2) is 0 Å². The number of benzene rings is 1. The Hall–Kier alpha value is -2.34. The topological polar surface area (TPSA) is 68.3 Å². The first-order chi connectivity index (χ1) is 11.7. The number of nitrogens with zero attached hydrogens (tertiary/aromatic N) is 2. The van der Waals surface area contributed by atoms with Crippen molar-refractivity contribution in [3.8, 4) is 5.75 Å². The van der Waals surface area contributed by atoms with E-state index in [-0.39, 0.29) is 12.2 Å². The Morgan fingerprint density at radius 2 is 2.08 bits per heavy atom. The summed E-state index contributed by atoms with van der Waals surface area (Å²) in [4.78, 5) is 8.55. The third-order valence-corrected chi connectivity index (χ3v) is 3.71. The standard InChI is InChI=1S/C18H24N4O2/c1-13(2)24-16-8-4-3-7-15(16)22-18-10-17(20-12-21-18)19-11-14-6-5-9-23-14/h3-4,7-8,10,12-14H,5-6,9,11H2,1-2H3,(H2,19,20,21,22). The largest absolute Gasteiger partial charge is 0.489 e. The van der Waals surface area contributed by atoms with Crippen LogP contribution >= 0.6 is 0 Å². The lowest BCUT2D eigenvalue weighted by Gasteiger charge is -2.15. The first-order valence-corrected chi connectivity index (χ1v) is 8.41. The molecular formula is C18H24N4O2. The molecule has 1 atom stereocenters. The number of aromatic nitrogens is 2. The molecule has 0 spiro atoms. The third-order valence-electron chi connectivity index (χ3n) is 3.71. The predicted molar refractivity (Wildman–Crippen MR) is 95.0 cm³/mol. The molecule has 2 N–H and O–H groups in total. The van der Waals surface area contributed by atoms with E-state index < -0.39 is 0 Å². The lowest BCUT2D eigenvalue weighted by Crippen LogP contribution is -2.19. The van der Waals surface area contributed by atoms with Gasteiger partial charge in [0.1, 0.15) is 23.7 Å². The van der Waals surface area contributed by atoms with Gasteiger partial charge in [-0.25, -0.2) is 9.97 Å². The second-order valence-electron chi connectivity index (χ2n) is 6.09. The van der Waals surface area contributed by atoms with Gasteiger partial charge < -0.3 is 20.1 Å². The second kappa shape index (κ2) is 7.97. The lowest BCUT2D eigenvalue weighted by molar-refractivity contribution is 0.120. The van der Waals surface area contributed by atoms with Crippen LogP contribution in [-0.4, -0.2) is 35.3 Å². The highest BCUT2D eigenvalue weighted by Crippen LogP contribution is 2.28. The van der Waals surface area contributed by atoms with Crippen LogP contribution in [0.4, 0.5) is 17.3 Å². The molecule has 1 aromatic heterocycles. The Balaban J connectivity index is 1.66. The van der Waals surface area contributed by atoms with Gasteiger partial charge in [0, 0.05) is 19.2 Å². The Bertz CT molecular complexity index is 657. The molecule has 2 heterocycles. The number of hydrogen-bond acceptors (Lipinski definition) is 6. The fourth-order valence-corrected chi connectivity index (χ4v) is 2.61. The first-order valence-electron chi connectivity index (χ1n) is 8.41. The number of ether oxygens (including phenoxy) is 2. The van der Waals surface area contributed by atoms with Crippen LogP contribution in [0.25, 0.3) is 0 Å². The van der Waals surface area contributed by atoms with Gasteiger partial charge >= 0.3 is 0 Å².